The number of ether oxygens (including phenoxy) is 2. The lowest BCUT2D eigenvalue weighted by molar-refractivity contribution is -0.204. The summed E-state index contributed by atoms with van der Waals surface area (Å²) < 4.78 is 11.6. The van der Waals surface area contributed by atoms with Gasteiger partial charge in [-0.2, -0.15) is 4.91 Å². The Morgan fingerprint density at radius 2 is 2.21 bits per heavy atom. The number of H-pyrrole nitrogens is 1. The minimum Gasteiger partial charge on any atom is -0.462 e. The quantitative estimate of drug-likeness (QED) is 0.595. The molecule has 8 nitrogen and oxygen atoms in total. The lowest BCUT2D eigenvalue weighted by Gasteiger charge is -2.35. The summed E-state index contributed by atoms with van der Waals surface area (Å²) in [6.45, 7) is 4.86. The number of nitrogens with zero attached hydrogens (tertiary/aromatic N) is 2. The summed E-state index contributed by atoms with van der Waals surface area (Å²) in [4.78, 5) is 16.8. The summed E-state index contributed by atoms with van der Waals surface area (Å²) in [5.41, 5.74) is 2.05. The maximum atomic E-state index is 11.2. The molecule has 3 unspecified atom stereocenters. The minimum atomic E-state index is -0.954. The summed E-state index contributed by atoms with van der Waals surface area (Å²) in [6.07, 6.45) is 0.209. The van der Waals surface area contributed by atoms with Gasteiger partial charge >= 0.3 is 0 Å². The van der Waals surface area contributed by atoms with Gasteiger partial charge in [0.2, 0.25) is 6.29 Å². The Morgan fingerprint density at radius 1 is 1.43 bits per heavy atom. The van der Waals surface area contributed by atoms with Gasteiger partial charge in [-0.25, -0.2) is 0 Å². The van der Waals surface area contributed by atoms with Crippen LogP contribution in [0, 0.1) is 4.91 Å². The maximum Gasteiger partial charge on any atom is 0.226 e. The second-order valence-electron chi connectivity index (χ2n) is 7.64. The Kier molecular flexibility index (Phi) is 6.66. The highest BCUT2D eigenvalue weighted by atomic mass is 16.7. The third-order valence-corrected chi connectivity index (χ3v) is 5.46. The zero-order valence-corrected chi connectivity index (χ0v) is 16.5. The van der Waals surface area contributed by atoms with Crippen LogP contribution in [0.1, 0.15) is 25.8 Å². The fourth-order valence-electron chi connectivity index (χ4n) is 3.42. The largest absolute Gasteiger partial charge is 0.462 e. The number of fused-ring (bicyclic) bond motifs is 1. The van der Waals surface area contributed by atoms with Crippen LogP contribution in [0.25, 0.3) is 10.9 Å². The summed E-state index contributed by atoms with van der Waals surface area (Å²) in [5.74, 6) is 0.590. The Balaban J connectivity index is 1.84. The Bertz CT molecular complexity index is 793. The molecule has 154 valence electrons. The van der Waals surface area contributed by atoms with Gasteiger partial charge in [-0.3, -0.25) is 0 Å². The molecule has 0 amide bonds. The van der Waals surface area contributed by atoms with Crippen LogP contribution >= 0.6 is 0 Å². The maximum absolute atomic E-state index is 11.2. The summed E-state index contributed by atoms with van der Waals surface area (Å²) in [7, 11) is 2.09. The van der Waals surface area contributed by atoms with Gasteiger partial charge < -0.3 is 29.6 Å². The molecule has 8 heteroatoms. The van der Waals surface area contributed by atoms with Crippen LogP contribution in [0.15, 0.2) is 29.6 Å². The van der Waals surface area contributed by atoms with E-state index in [1.807, 2.05) is 24.4 Å². The van der Waals surface area contributed by atoms with Gasteiger partial charge in [-0.1, -0.05) is 11.2 Å². The van der Waals surface area contributed by atoms with Crippen molar-refractivity contribution in [1.29, 1.82) is 0 Å². The molecule has 1 saturated heterocycles. The van der Waals surface area contributed by atoms with E-state index in [0.29, 0.717) is 11.8 Å². The molecule has 2 heterocycles. The highest BCUT2D eigenvalue weighted by Gasteiger charge is 2.39. The number of benzene rings is 1. The van der Waals surface area contributed by atoms with Crippen molar-refractivity contribution < 1.29 is 19.7 Å². The standard InChI is InChI=1S/C20H29N3O5/c1-12(2)23(3)8-7-13-10-21-14-5-4-6-17(19(13)14)27-20-15(22-26)9-16(25)18(11-24)28-20/h4-6,10,12,15-16,18,20-21,24-25H,7-9,11H2,1-3H3/t15?,16?,18-,20?/m1/s1. The number of hydrogen-bond acceptors (Lipinski definition) is 7. The molecule has 0 bridgehead atoms. The van der Waals surface area contributed by atoms with Crippen LogP contribution < -0.4 is 4.74 Å². The van der Waals surface area contributed by atoms with E-state index in [1.54, 1.807) is 0 Å². The van der Waals surface area contributed by atoms with E-state index < -0.39 is 24.5 Å². The van der Waals surface area contributed by atoms with Crippen LogP contribution in [0.4, 0.5) is 0 Å². The number of aliphatic hydroxyl groups is 2. The number of aromatic nitrogens is 1. The topological polar surface area (TPSA) is 107 Å². The van der Waals surface area contributed by atoms with Crippen LogP contribution in [0.2, 0.25) is 0 Å². The average Bonchev–Trinajstić information content (AvgIpc) is 3.11. The lowest BCUT2D eigenvalue weighted by Crippen LogP contribution is -2.50. The highest BCUT2D eigenvalue weighted by molar-refractivity contribution is 5.89. The molecule has 1 aliphatic heterocycles. The molecule has 4 atom stereocenters. The molecule has 0 aliphatic carbocycles. The number of nitroso groups, excluding NO2 is 1. The monoisotopic (exact) mass is 391 g/mol. The van der Waals surface area contributed by atoms with E-state index in [1.165, 1.54) is 0 Å². The van der Waals surface area contributed by atoms with Crippen LogP contribution in [0.3, 0.4) is 0 Å². The van der Waals surface area contributed by atoms with Crippen molar-refractivity contribution in [3.8, 4) is 5.75 Å². The van der Waals surface area contributed by atoms with E-state index in [2.05, 4.69) is 36.0 Å². The third-order valence-electron chi connectivity index (χ3n) is 5.46. The molecule has 1 aromatic carbocycles. The van der Waals surface area contributed by atoms with Gasteiger partial charge in [-0.15, -0.1) is 0 Å². The minimum absolute atomic E-state index is 0.0918. The fourth-order valence-corrected chi connectivity index (χ4v) is 3.42. The number of nitrogens with one attached hydrogen (secondary N) is 1. The van der Waals surface area contributed by atoms with Crippen molar-refractivity contribution in [2.24, 2.45) is 5.18 Å². The first-order chi connectivity index (χ1) is 13.4. The normalized spacial score (nSPS) is 25.5. The van der Waals surface area contributed by atoms with Crippen LogP contribution in [-0.4, -0.2) is 70.9 Å². The van der Waals surface area contributed by atoms with Crippen LogP contribution in [0.5, 0.6) is 5.75 Å². The zero-order chi connectivity index (χ0) is 20.3. The molecule has 1 aliphatic rings. The molecule has 0 spiro atoms. The molecule has 28 heavy (non-hydrogen) atoms. The predicted molar refractivity (Wildman–Crippen MR) is 106 cm³/mol. The molecular formula is C20H29N3O5. The van der Waals surface area contributed by atoms with Crippen molar-refractivity contribution in [1.82, 2.24) is 9.88 Å². The van der Waals surface area contributed by atoms with E-state index in [0.717, 1.165) is 29.4 Å². The van der Waals surface area contributed by atoms with Crippen molar-refractivity contribution >= 4 is 10.9 Å². The molecule has 1 fully saturated rings. The Labute approximate surface area is 164 Å². The van der Waals surface area contributed by atoms with Crippen molar-refractivity contribution in [2.45, 2.75) is 57.3 Å². The third kappa shape index (κ3) is 4.35. The second-order valence-corrected chi connectivity index (χ2v) is 7.64. The SMILES string of the molecule is CC(C)N(C)CCc1c[nH]c2cccc(OC3O[C@H](CO)C(O)CC3N=O)c12. The average molecular weight is 391 g/mol. The van der Waals surface area contributed by atoms with Gasteiger partial charge in [0.05, 0.1) is 12.7 Å². The molecular weight excluding hydrogens is 362 g/mol. The molecule has 2 aromatic rings. The predicted octanol–water partition coefficient (Wildman–Crippen LogP) is 2.03. The van der Waals surface area contributed by atoms with E-state index in [-0.39, 0.29) is 13.0 Å². The molecule has 3 rings (SSSR count). The fraction of sp³-hybridized carbons (Fsp3) is 0.600. The first-order valence-corrected chi connectivity index (χ1v) is 9.67. The van der Waals surface area contributed by atoms with Crippen molar-refractivity contribution in [3.05, 3.63) is 34.9 Å². The van der Waals surface area contributed by atoms with Gasteiger partial charge in [-0.05, 0) is 45.0 Å². The Hall–Kier alpha value is -2.00. The second kappa shape index (κ2) is 9.00. The van der Waals surface area contributed by atoms with Gasteiger partial charge in [0.1, 0.15) is 11.9 Å². The van der Waals surface area contributed by atoms with E-state index >= 15 is 0 Å². The van der Waals surface area contributed by atoms with Gasteiger partial charge in [0.25, 0.3) is 0 Å². The Morgan fingerprint density at radius 3 is 2.89 bits per heavy atom. The summed E-state index contributed by atoms with van der Waals surface area (Å²) >= 11 is 0. The number of hydrogen-bond donors (Lipinski definition) is 3. The van der Waals surface area contributed by atoms with E-state index in [9.17, 15) is 15.1 Å². The van der Waals surface area contributed by atoms with Crippen molar-refractivity contribution in [3.63, 3.8) is 0 Å². The van der Waals surface area contributed by atoms with E-state index in [4.69, 9.17) is 9.47 Å². The molecule has 3 N–H and O–H groups in total. The summed E-state index contributed by atoms with van der Waals surface area (Å²) in [6, 6.07) is 5.27. The lowest BCUT2D eigenvalue weighted by atomic mass is 10.0. The van der Waals surface area contributed by atoms with Gasteiger partial charge in [0, 0.05) is 36.1 Å². The molecule has 1 aromatic heterocycles. The molecule has 0 saturated carbocycles. The number of aromatic amines is 1. The van der Waals surface area contributed by atoms with Crippen molar-refractivity contribution in [2.75, 3.05) is 20.2 Å². The first-order valence-electron chi connectivity index (χ1n) is 9.67. The summed E-state index contributed by atoms with van der Waals surface area (Å²) in [5, 5.41) is 23.4. The van der Waals surface area contributed by atoms with Gasteiger partial charge in [0.15, 0.2) is 6.04 Å². The number of rotatable bonds is 8. The number of aliphatic hydroxyl groups excluding tert-OH is 2. The smallest absolute Gasteiger partial charge is 0.226 e. The van der Waals surface area contributed by atoms with Crippen LogP contribution in [-0.2, 0) is 11.2 Å². The number of likely N-dealkylation sites (N-methyl/N-ethyl adjacent to an activating group) is 1. The molecule has 0 radical (unpaired) electrons. The first kappa shape index (κ1) is 20.7. The zero-order valence-electron chi connectivity index (χ0n) is 16.5. The highest BCUT2D eigenvalue weighted by Crippen LogP contribution is 2.33.